The zero-order valence-electron chi connectivity index (χ0n) is 19.2. The second kappa shape index (κ2) is 14.6. The molecule has 0 fully saturated rings. The number of rotatable bonds is 16. The second-order valence-electron chi connectivity index (χ2n) is 7.76. The molecule has 0 aliphatic rings. The molecule has 0 unspecified atom stereocenters. The summed E-state index contributed by atoms with van der Waals surface area (Å²) in [5.41, 5.74) is 17.0. The van der Waals surface area contributed by atoms with Gasteiger partial charge in [0.25, 0.3) is 0 Å². The first-order valence-electron chi connectivity index (χ1n) is 11.3. The third-order valence-corrected chi connectivity index (χ3v) is 5.41. The number of hydrogen-bond donors (Lipinski definition) is 6. The summed E-state index contributed by atoms with van der Waals surface area (Å²) < 4.78 is 5.91. The number of nitrogens with zero attached hydrogens (tertiary/aromatic N) is 2. The van der Waals surface area contributed by atoms with Crippen LogP contribution in [0.25, 0.3) is 0 Å². The number of hydrogen-bond acceptors (Lipinski definition) is 9. The lowest BCUT2D eigenvalue weighted by Crippen LogP contribution is -2.31. The van der Waals surface area contributed by atoms with Crippen molar-refractivity contribution in [2.24, 2.45) is 0 Å². The van der Waals surface area contributed by atoms with Gasteiger partial charge in [-0.25, -0.2) is 0 Å². The van der Waals surface area contributed by atoms with Crippen LogP contribution in [0.15, 0.2) is 36.4 Å². The third kappa shape index (κ3) is 8.38. The monoisotopic (exact) mass is 462 g/mol. The second-order valence-corrected chi connectivity index (χ2v) is 7.76. The molecular weight excluding hydrogens is 424 g/mol. The molecule has 0 saturated heterocycles. The van der Waals surface area contributed by atoms with Crippen LogP contribution >= 0.6 is 0 Å². The summed E-state index contributed by atoms with van der Waals surface area (Å²) in [7, 11) is 0. The van der Waals surface area contributed by atoms with Crippen LogP contribution in [0.4, 0.5) is 22.7 Å². The minimum Gasteiger partial charge on any atom is -0.399 e. The molecule has 0 aromatic heterocycles. The van der Waals surface area contributed by atoms with Gasteiger partial charge >= 0.3 is 0 Å². The lowest BCUT2D eigenvalue weighted by molar-refractivity contribution is 0.140. The molecule has 0 saturated carbocycles. The van der Waals surface area contributed by atoms with Crippen LogP contribution in [0.2, 0.25) is 0 Å². The maximum Gasteiger partial charge on any atom is 0.0606 e. The molecule has 184 valence electrons. The SMILES string of the molecule is Nc1ccc(CCOCCc2ccc(N)cc2N(CCO)CCO)c(N(CCO)CCO)c1. The molecule has 0 amide bonds. The Labute approximate surface area is 195 Å². The van der Waals surface area contributed by atoms with Crippen molar-refractivity contribution in [3.8, 4) is 0 Å². The van der Waals surface area contributed by atoms with Gasteiger partial charge in [-0.1, -0.05) is 12.1 Å². The van der Waals surface area contributed by atoms with Crippen LogP contribution in [-0.2, 0) is 17.6 Å². The number of benzene rings is 2. The Kier molecular flexibility index (Phi) is 11.8. The minimum atomic E-state index is -0.0156. The van der Waals surface area contributed by atoms with E-state index in [9.17, 15) is 20.4 Å². The number of aliphatic hydroxyl groups excluding tert-OH is 4. The highest BCUT2D eigenvalue weighted by Gasteiger charge is 2.13. The molecule has 0 atom stereocenters. The topological polar surface area (TPSA) is 149 Å². The van der Waals surface area contributed by atoms with Gasteiger partial charge in [0.1, 0.15) is 0 Å². The van der Waals surface area contributed by atoms with Gasteiger partial charge in [0.05, 0.1) is 39.6 Å². The smallest absolute Gasteiger partial charge is 0.0606 e. The first kappa shape index (κ1) is 26.7. The summed E-state index contributed by atoms with van der Waals surface area (Å²) in [5, 5.41) is 37.5. The Bertz CT molecular complexity index is 757. The van der Waals surface area contributed by atoms with Gasteiger partial charge in [0.15, 0.2) is 0 Å². The quantitative estimate of drug-likeness (QED) is 0.152. The van der Waals surface area contributed by atoms with Crippen LogP contribution in [0.3, 0.4) is 0 Å². The Morgan fingerprint density at radius 1 is 0.606 bits per heavy atom. The maximum atomic E-state index is 9.37. The number of ether oxygens (including phenoxy) is 1. The average molecular weight is 463 g/mol. The molecule has 0 radical (unpaired) electrons. The Morgan fingerprint density at radius 2 is 0.970 bits per heavy atom. The predicted molar refractivity (Wildman–Crippen MR) is 133 cm³/mol. The van der Waals surface area contributed by atoms with E-state index in [-0.39, 0.29) is 26.4 Å². The van der Waals surface area contributed by atoms with E-state index < -0.39 is 0 Å². The summed E-state index contributed by atoms with van der Waals surface area (Å²) in [6, 6.07) is 11.3. The highest BCUT2D eigenvalue weighted by molar-refractivity contribution is 5.62. The van der Waals surface area contributed by atoms with E-state index in [0.717, 1.165) is 22.5 Å². The molecule has 0 bridgehead atoms. The average Bonchev–Trinajstić information content (AvgIpc) is 2.80. The molecule has 0 spiro atoms. The van der Waals surface area contributed by atoms with Crippen LogP contribution in [-0.4, -0.2) is 86.2 Å². The van der Waals surface area contributed by atoms with Crippen LogP contribution in [0.5, 0.6) is 0 Å². The Balaban J connectivity index is 1.99. The molecule has 2 rings (SSSR count). The highest BCUT2D eigenvalue weighted by atomic mass is 16.5. The van der Waals surface area contributed by atoms with Crippen molar-refractivity contribution in [1.82, 2.24) is 0 Å². The molecule has 33 heavy (non-hydrogen) atoms. The van der Waals surface area contributed by atoms with Crippen molar-refractivity contribution in [2.45, 2.75) is 12.8 Å². The van der Waals surface area contributed by atoms with Crippen molar-refractivity contribution in [1.29, 1.82) is 0 Å². The molecule has 0 heterocycles. The lowest BCUT2D eigenvalue weighted by Gasteiger charge is -2.26. The lowest BCUT2D eigenvalue weighted by atomic mass is 10.1. The zero-order valence-corrected chi connectivity index (χ0v) is 19.2. The molecule has 9 nitrogen and oxygen atoms in total. The summed E-state index contributed by atoms with van der Waals surface area (Å²) in [5.74, 6) is 0. The zero-order chi connectivity index (χ0) is 24.1. The third-order valence-electron chi connectivity index (χ3n) is 5.41. The first-order chi connectivity index (χ1) is 16.0. The van der Waals surface area contributed by atoms with Crippen molar-refractivity contribution < 1.29 is 25.2 Å². The van der Waals surface area contributed by atoms with Crippen LogP contribution < -0.4 is 21.3 Å². The number of nitrogens with two attached hydrogens (primary N) is 2. The highest BCUT2D eigenvalue weighted by Crippen LogP contribution is 2.26. The maximum absolute atomic E-state index is 9.37. The molecule has 2 aromatic carbocycles. The molecular formula is C24H38N4O5. The fourth-order valence-corrected chi connectivity index (χ4v) is 3.83. The molecule has 9 heteroatoms. The van der Waals surface area contributed by atoms with Gasteiger partial charge in [-0.05, 0) is 48.2 Å². The van der Waals surface area contributed by atoms with Crippen molar-refractivity contribution in [3.05, 3.63) is 47.5 Å². The van der Waals surface area contributed by atoms with Gasteiger partial charge in [-0.15, -0.1) is 0 Å². The summed E-state index contributed by atoms with van der Waals surface area (Å²) in [6.07, 6.45) is 1.33. The summed E-state index contributed by atoms with van der Waals surface area (Å²) in [6.45, 7) is 2.60. The van der Waals surface area contributed by atoms with Crippen molar-refractivity contribution in [3.63, 3.8) is 0 Å². The van der Waals surface area contributed by atoms with Gasteiger partial charge in [0, 0.05) is 48.9 Å². The van der Waals surface area contributed by atoms with Gasteiger partial charge in [-0.2, -0.15) is 0 Å². The van der Waals surface area contributed by atoms with E-state index >= 15 is 0 Å². The first-order valence-corrected chi connectivity index (χ1v) is 11.3. The van der Waals surface area contributed by atoms with Crippen LogP contribution in [0, 0.1) is 0 Å². The van der Waals surface area contributed by atoms with E-state index in [2.05, 4.69) is 0 Å². The Morgan fingerprint density at radius 3 is 1.30 bits per heavy atom. The number of nitrogen functional groups attached to an aromatic ring is 2. The van der Waals surface area contributed by atoms with E-state index in [1.807, 2.05) is 46.2 Å². The van der Waals surface area contributed by atoms with E-state index in [0.29, 0.717) is 63.6 Å². The predicted octanol–water partition coefficient (Wildman–Crippen LogP) is 0.235. The fraction of sp³-hybridized carbons (Fsp3) is 0.500. The standard InChI is InChI=1S/C24H38N4O5/c25-21-3-1-19(23(17-21)27(7-11-29)8-12-30)5-15-33-16-6-20-2-4-22(26)18-24(20)28(9-13-31)10-14-32/h1-4,17-18,29-32H,5-16,25-26H2. The summed E-state index contributed by atoms with van der Waals surface area (Å²) in [4.78, 5) is 3.84. The molecule has 2 aromatic rings. The number of aliphatic hydroxyl groups is 4. The van der Waals surface area contributed by atoms with E-state index in [1.165, 1.54) is 0 Å². The summed E-state index contributed by atoms with van der Waals surface area (Å²) >= 11 is 0. The van der Waals surface area contributed by atoms with Crippen molar-refractivity contribution in [2.75, 3.05) is 87.1 Å². The number of anilines is 4. The largest absolute Gasteiger partial charge is 0.399 e. The van der Waals surface area contributed by atoms with Gasteiger partial charge in [-0.3, -0.25) is 0 Å². The molecule has 8 N–H and O–H groups in total. The molecule has 0 aliphatic heterocycles. The van der Waals surface area contributed by atoms with Crippen LogP contribution in [0.1, 0.15) is 11.1 Å². The van der Waals surface area contributed by atoms with E-state index in [4.69, 9.17) is 16.2 Å². The van der Waals surface area contributed by atoms with E-state index in [1.54, 1.807) is 0 Å². The van der Waals surface area contributed by atoms with Gasteiger partial charge < -0.3 is 46.4 Å². The Hall–Kier alpha value is -2.56. The van der Waals surface area contributed by atoms with Crippen molar-refractivity contribution >= 4 is 22.7 Å². The minimum absolute atomic E-state index is 0.0156. The van der Waals surface area contributed by atoms with Gasteiger partial charge in [0.2, 0.25) is 0 Å². The fourth-order valence-electron chi connectivity index (χ4n) is 3.83. The molecule has 0 aliphatic carbocycles. The normalized spacial score (nSPS) is 11.0.